The van der Waals surface area contributed by atoms with Crippen LogP contribution < -0.4 is 4.90 Å². The van der Waals surface area contributed by atoms with Gasteiger partial charge in [-0.2, -0.15) is 9.61 Å². The van der Waals surface area contributed by atoms with Crippen LogP contribution in [0.3, 0.4) is 0 Å². The highest BCUT2D eigenvalue weighted by Gasteiger charge is 2.60. The second-order valence-electron chi connectivity index (χ2n) is 9.74. The van der Waals surface area contributed by atoms with Crippen LogP contribution in [0.1, 0.15) is 37.7 Å². The molecule has 2 aromatic heterocycles. The average molecular weight is 518 g/mol. The van der Waals surface area contributed by atoms with E-state index in [1.54, 1.807) is 21.5 Å². The van der Waals surface area contributed by atoms with Gasteiger partial charge in [0.15, 0.2) is 11.3 Å². The predicted octanol–water partition coefficient (Wildman–Crippen LogP) is 4.36. The molecule has 1 saturated carbocycles. The van der Waals surface area contributed by atoms with Crippen molar-refractivity contribution >= 4 is 34.9 Å². The van der Waals surface area contributed by atoms with E-state index in [1.165, 1.54) is 0 Å². The lowest BCUT2D eigenvalue weighted by Gasteiger charge is -2.29. The molecule has 2 fully saturated rings. The van der Waals surface area contributed by atoms with Crippen LogP contribution in [-0.4, -0.2) is 62.2 Å². The Kier molecular flexibility index (Phi) is 6.10. The topological polar surface area (TPSA) is 91.0 Å². The highest BCUT2D eigenvalue weighted by molar-refractivity contribution is 6.31. The molecule has 3 aromatic rings. The number of carboxylic acid groups (broad SMARTS) is 1. The fourth-order valence-electron chi connectivity index (χ4n) is 5.22. The number of rotatable bonds is 7. The molecule has 8 nitrogen and oxygen atoms in total. The highest BCUT2D eigenvalue weighted by atomic mass is 35.5. The molecule has 11 heteroatoms. The molecule has 1 amide bonds. The van der Waals surface area contributed by atoms with Crippen LogP contribution in [0.15, 0.2) is 24.3 Å². The maximum atomic E-state index is 14.2. The van der Waals surface area contributed by atoms with E-state index >= 15 is 0 Å². The molecule has 0 spiro atoms. The maximum Gasteiger partial charge on any atom is 0.307 e. The second-order valence-corrected chi connectivity index (χ2v) is 10.1. The van der Waals surface area contributed by atoms with Gasteiger partial charge in [0, 0.05) is 43.4 Å². The number of aliphatic carboxylic acids is 1. The lowest BCUT2D eigenvalue weighted by atomic mass is 10.1. The van der Waals surface area contributed by atoms with Gasteiger partial charge in [-0.1, -0.05) is 18.5 Å². The maximum absolute atomic E-state index is 14.2. The smallest absolute Gasteiger partial charge is 0.307 e. The minimum absolute atomic E-state index is 0.0144. The molecule has 1 aromatic carbocycles. The zero-order chi connectivity index (χ0) is 25.9. The molecule has 190 valence electrons. The second kappa shape index (κ2) is 8.99. The quantitative estimate of drug-likeness (QED) is 0.468. The third kappa shape index (κ3) is 4.07. The molecule has 0 bridgehead atoms. The van der Waals surface area contributed by atoms with Crippen LogP contribution in [0.5, 0.6) is 0 Å². The Morgan fingerprint density at radius 3 is 2.36 bits per heavy atom. The molecule has 3 heterocycles. The number of anilines is 1. The molecule has 2 atom stereocenters. The van der Waals surface area contributed by atoms with E-state index in [2.05, 4.69) is 15.0 Å². The van der Waals surface area contributed by atoms with Crippen molar-refractivity contribution in [2.24, 2.45) is 17.8 Å². The summed E-state index contributed by atoms with van der Waals surface area (Å²) in [5, 5.41) is 13.2. The first-order chi connectivity index (χ1) is 17.1. The van der Waals surface area contributed by atoms with Crippen LogP contribution in [0, 0.1) is 29.4 Å². The third-order valence-electron chi connectivity index (χ3n) is 7.06. The summed E-state index contributed by atoms with van der Waals surface area (Å²) in [4.78, 5) is 32.8. The fraction of sp³-hybridized carbons (Fsp3) is 0.440. The zero-order valence-electron chi connectivity index (χ0n) is 20.1. The molecule has 1 aliphatic heterocycles. The van der Waals surface area contributed by atoms with E-state index in [1.807, 2.05) is 20.8 Å². The SMILES string of the molecule is CCCN(c1cc(-c2cc(F)c(Cl)c(F)c2)nc2cc(C(=O)N3CC4C(C3)C4C(=O)O)nn12)C(C)C. The van der Waals surface area contributed by atoms with Gasteiger partial charge in [-0.05, 0) is 44.2 Å². The number of nitrogens with zero attached hydrogens (tertiary/aromatic N) is 5. The number of amides is 1. The van der Waals surface area contributed by atoms with Crippen LogP contribution in [-0.2, 0) is 4.79 Å². The summed E-state index contributed by atoms with van der Waals surface area (Å²) in [6.07, 6.45) is 0.843. The number of carbonyl (C=O) groups is 2. The van der Waals surface area contributed by atoms with Crippen LogP contribution in [0.2, 0.25) is 5.02 Å². The van der Waals surface area contributed by atoms with E-state index in [0.717, 1.165) is 18.6 Å². The van der Waals surface area contributed by atoms with E-state index in [-0.39, 0.29) is 41.0 Å². The van der Waals surface area contributed by atoms with Crippen molar-refractivity contribution in [1.29, 1.82) is 0 Å². The van der Waals surface area contributed by atoms with Crippen LogP contribution in [0.25, 0.3) is 16.9 Å². The summed E-state index contributed by atoms with van der Waals surface area (Å²) in [5.74, 6) is -2.65. The first-order valence-electron chi connectivity index (χ1n) is 11.9. The first-order valence-corrected chi connectivity index (χ1v) is 12.3. The Morgan fingerprint density at radius 2 is 1.81 bits per heavy atom. The molecule has 36 heavy (non-hydrogen) atoms. The average Bonchev–Trinajstić information content (AvgIpc) is 3.15. The molecule has 1 aliphatic carbocycles. The van der Waals surface area contributed by atoms with Crippen LogP contribution >= 0.6 is 11.6 Å². The number of carboxylic acids is 1. The van der Waals surface area contributed by atoms with Gasteiger partial charge in [0.05, 0.1) is 11.6 Å². The third-order valence-corrected chi connectivity index (χ3v) is 7.42. The monoisotopic (exact) mass is 517 g/mol. The van der Waals surface area contributed by atoms with E-state index in [9.17, 15) is 23.5 Å². The number of piperidine rings is 1. The van der Waals surface area contributed by atoms with Crippen molar-refractivity contribution in [1.82, 2.24) is 19.5 Å². The highest BCUT2D eigenvalue weighted by Crippen LogP contribution is 2.52. The Hall–Kier alpha value is -3.27. The van der Waals surface area contributed by atoms with E-state index < -0.39 is 22.6 Å². The molecule has 1 saturated heterocycles. The molecule has 2 aliphatic rings. The molecule has 1 N–H and O–H groups in total. The zero-order valence-corrected chi connectivity index (χ0v) is 20.8. The van der Waals surface area contributed by atoms with Crippen LogP contribution in [0.4, 0.5) is 14.6 Å². The predicted molar refractivity (Wildman–Crippen MR) is 130 cm³/mol. The number of halogens is 3. The van der Waals surface area contributed by atoms with E-state index in [0.29, 0.717) is 36.8 Å². The molecular formula is C25H26ClF2N5O3. The largest absolute Gasteiger partial charge is 0.481 e. The fourth-order valence-corrected chi connectivity index (χ4v) is 5.33. The standard InChI is InChI=1S/C25H26ClF2N5O3/c1-4-5-32(12(2)3)21-9-18(13-6-16(27)23(26)17(28)7-13)29-20-8-19(30-33(20)21)24(34)31-10-14-15(11-31)22(14)25(35)36/h6-9,12,14-15,22H,4-5,10-11H2,1-3H3,(H,35,36). The first kappa shape index (κ1) is 24.4. The minimum atomic E-state index is -0.888. The lowest BCUT2D eigenvalue weighted by Crippen LogP contribution is -2.34. The van der Waals surface area contributed by atoms with Crippen molar-refractivity contribution in [2.45, 2.75) is 33.2 Å². The number of aromatic nitrogens is 3. The van der Waals surface area contributed by atoms with Gasteiger partial charge in [-0.3, -0.25) is 9.59 Å². The number of benzene rings is 1. The summed E-state index contributed by atoms with van der Waals surface area (Å²) in [7, 11) is 0. The molecular weight excluding hydrogens is 492 g/mol. The normalized spacial score (nSPS) is 20.8. The number of hydrogen-bond acceptors (Lipinski definition) is 5. The van der Waals surface area contributed by atoms with Gasteiger partial charge in [0.1, 0.15) is 22.5 Å². The molecule has 0 radical (unpaired) electrons. The van der Waals surface area contributed by atoms with Gasteiger partial charge < -0.3 is 14.9 Å². The van der Waals surface area contributed by atoms with Gasteiger partial charge in [-0.25, -0.2) is 13.8 Å². The molecule has 5 rings (SSSR count). The Labute approximate surface area is 211 Å². The minimum Gasteiger partial charge on any atom is -0.481 e. The number of likely N-dealkylation sites (tertiary alicyclic amines) is 1. The summed E-state index contributed by atoms with van der Waals surface area (Å²) < 4.78 is 30.0. The van der Waals surface area contributed by atoms with Gasteiger partial charge in [-0.15, -0.1) is 0 Å². The Morgan fingerprint density at radius 1 is 1.17 bits per heavy atom. The Bertz CT molecular complexity index is 1340. The summed E-state index contributed by atoms with van der Waals surface area (Å²) in [6, 6.07) is 5.59. The van der Waals surface area contributed by atoms with Crippen molar-refractivity contribution in [3.05, 3.63) is 46.6 Å². The summed E-state index contributed by atoms with van der Waals surface area (Å²) in [6.45, 7) is 7.55. The number of carbonyl (C=O) groups excluding carboxylic acids is 1. The van der Waals surface area contributed by atoms with Crippen molar-refractivity contribution in [2.75, 3.05) is 24.5 Å². The van der Waals surface area contributed by atoms with Gasteiger partial charge in [0.25, 0.3) is 5.91 Å². The lowest BCUT2D eigenvalue weighted by molar-refractivity contribution is -0.139. The van der Waals surface area contributed by atoms with Gasteiger partial charge >= 0.3 is 5.97 Å². The van der Waals surface area contributed by atoms with Gasteiger partial charge in [0.2, 0.25) is 0 Å². The van der Waals surface area contributed by atoms with Crippen molar-refractivity contribution < 1.29 is 23.5 Å². The van der Waals surface area contributed by atoms with E-state index in [4.69, 9.17) is 11.6 Å². The van der Waals surface area contributed by atoms with Crippen molar-refractivity contribution in [3.8, 4) is 11.3 Å². The molecule has 2 unspecified atom stereocenters. The summed E-state index contributed by atoms with van der Waals surface area (Å²) in [5.41, 5.74) is 1.07. The Balaban J connectivity index is 1.56. The summed E-state index contributed by atoms with van der Waals surface area (Å²) >= 11 is 5.67. The number of fused-ring (bicyclic) bond motifs is 2. The number of hydrogen-bond donors (Lipinski definition) is 1. The van der Waals surface area contributed by atoms with Crippen molar-refractivity contribution in [3.63, 3.8) is 0 Å².